The fraction of sp³-hybridized carbons (Fsp3) is 0.400. The Hall–Kier alpha value is -2.04. The normalized spacial score (nSPS) is 11.6. The largest absolute Gasteiger partial charge is 0.508 e. The second-order valence-electron chi connectivity index (χ2n) is 5.33. The zero-order valence-corrected chi connectivity index (χ0v) is 11.9. The molecule has 0 unspecified atom stereocenters. The first-order valence-corrected chi connectivity index (χ1v) is 6.40. The third kappa shape index (κ3) is 6.22. The molecule has 0 saturated carbocycles. The van der Waals surface area contributed by atoms with Crippen LogP contribution in [-0.4, -0.2) is 23.3 Å². The van der Waals surface area contributed by atoms with Crippen LogP contribution < -0.4 is 5.32 Å². The van der Waals surface area contributed by atoms with Gasteiger partial charge in [0.05, 0.1) is 0 Å². The van der Waals surface area contributed by atoms with Crippen molar-refractivity contribution in [3.8, 4) is 5.75 Å². The van der Waals surface area contributed by atoms with Crippen molar-refractivity contribution in [2.45, 2.75) is 32.8 Å². The van der Waals surface area contributed by atoms with E-state index in [-0.39, 0.29) is 5.75 Å². The minimum Gasteiger partial charge on any atom is -0.508 e. The third-order valence-electron chi connectivity index (χ3n) is 2.26. The van der Waals surface area contributed by atoms with Gasteiger partial charge in [0.25, 0.3) is 0 Å². The Labute approximate surface area is 118 Å². The molecule has 0 spiro atoms. The van der Waals surface area contributed by atoms with Crippen LogP contribution in [0.1, 0.15) is 32.8 Å². The van der Waals surface area contributed by atoms with Gasteiger partial charge >= 0.3 is 6.09 Å². The fourth-order valence-corrected chi connectivity index (χ4v) is 1.44. The molecule has 0 fully saturated rings. The second-order valence-corrected chi connectivity index (χ2v) is 5.33. The standard InChI is InChI=1S/C15H20FNO3/c1-15(2,3)20-14(19)17-9-5-4-6-11-10-12(18)7-8-13(11)16/h4,6-8,10,18H,5,9H2,1-3H3,(H,17,19). The number of aromatic hydroxyl groups is 1. The predicted octanol–water partition coefficient (Wildman–Crippen LogP) is 3.46. The molecule has 0 saturated heterocycles. The highest BCUT2D eigenvalue weighted by molar-refractivity contribution is 5.67. The molecule has 1 aromatic rings. The molecule has 0 heterocycles. The quantitative estimate of drug-likeness (QED) is 0.831. The SMILES string of the molecule is CC(C)(C)OC(=O)NCCC=Cc1cc(O)ccc1F. The van der Waals surface area contributed by atoms with Crippen LogP contribution in [0, 0.1) is 5.82 Å². The molecule has 1 aromatic carbocycles. The number of phenols is 1. The predicted molar refractivity (Wildman–Crippen MR) is 76.0 cm³/mol. The summed E-state index contributed by atoms with van der Waals surface area (Å²) in [5.74, 6) is -0.392. The van der Waals surface area contributed by atoms with Crippen LogP contribution in [0.15, 0.2) is 24.3 Å². The van der Waals surface area contributed by atoms with E-state index in [9.17, 15) is 14.3 Å². The van der Waals surface area contributed by atoms with Crippen molar-refractivity contribution in [3.63, 3.8) is 0 Å². The summed E-state index contributed by atoms with van der Waals surface area (Å²) >= 11 is 0. The van der Waals surface area contributed by atoms with Gasteiger partial charge in [-0.05, 0) is 45.4 Å². The Morgan fingerprint density at radius 2 is 2.15 bits per heavy atom. The highest BCUT2D eigenvalue weighted by atomic mass is 19.1. The van der Waals surface area contributed by atoms with E-state index in [4.69, 9.17) is 4.74 Å². The molecular formula is C15H20FNO3. The summed E-state index contributed by atoms with van der Waals surface area (Å²) in [6.07, 6.45) is 3.34. The van der Waals surface area contributed by atoms with Gasteiger partial charge in [0, 0.05) is 12.1 Å². The molecule has 4 nitrogen and oxygen atoms in total. The van der Waals surface area contributed by atoms with Gasteiger partial charge in [-0.2, -0.15) is 0 Å². The first-order valence-electron chi connectivity index (χ1n) is 6.40. The maximum Gasteiger partial charge on any atom is 0.407 e. The molecule has 0 aliphatic heterocycles. The molecule has 0 aromatic heterocycles. The summed E-state index contributed by atoms with van der Waals surface area (Å²) in [5.41, 5.74) is -0.216. The monoisotopic (exact) mass is 281 g/mol. The summed E-state index contributed by atoms with van der Waals surface area (Å²) in [7, 11) is 0. The molecule has 0 bridgehead atoms. The number of halogens is 1. The van der Waals surface area contributed by atoms with Gasteiger partial charge in [0.1, 0.15) is 17.2 Å². The van der Waals surface area contributed by atoms with Crippen molar-refractivity contribution in [2.24, 2.45) is 0 Å². The number of ether oxygens (including phenoxy) is 1. The lowest BCUT2D eigenvalue weighted by atomic mass is 10.2. The zero-order chi connectivity index (χ0) is 15.2. The van der Waals surface area contributed by atoms with Crippen LogP contribution in [0.3, 0.4) is 0 Å². The second kappa shape index (κ2) is 6.93. The summed E-state index contributed by atoms with van der Waals surface area (Å²) < 4.78 is 18.4. The molecular weight excluding hydrogens is 261 g/mol. The van der Waals surface area contributed by atoms with Crippen LogP contribution in [0.5, 0.6) is 5.75 Å². The minimum absolute atomic E-state index is 0.0120. The first-order chi connectivity index (χ1) is 9.28. The number of amides is 1. The lowest BCUT2D eigenvalue weighted by Crippen LogP contribution is -2.32. The van der Waals surface area contributed by atoms with E-state index < -0.39 is 17.5 Å². The summed E-state index contributed by atoms with van der Waals surface area (Å²) in [6, 6.07) is 3.83. The lowest BCUT2D eigenvalue weighted by Gasteiger charge is -2.19. The molecule has 0 radical (unpaired) electrons. The van der Waals surface area contributed by atoms with Gasteiger partial charge in [-0.1, -0.05) is 12.2 Å². The summed E-state index contributed by atoms with van der Waals surface area (Å²) in [4.78, 5) is 11.3. The number of carbonyl (C=O) groups is 1. The third-order valence-corrected chi connectivity index (χ3v) is 2.26. The Morgan fingerprint density at radius 3 is 2.80 bits per heavy atom. The lowest BCUT2D eigenvalue weighted by molar-refractivity contribution is 0.0529. The van der Waals surface area contributed by atoms with Gasteiger partial charge in [-0.25, -0.2) is 9.18 Å². The number of benzene rings is 1. The Morgan fingerprint density at radius 1 is 1.45 bits per heavy atom. The number of rotatable bonds is 4. The van der Waals surface area contributed by atoms with Crippen molar-refractivity contribution in [2.75, 3.05) is 6.54 Å². The summed E-state index contributed by atoms with van der Waals surface area (Å²) in [5, 5.41) is 11.8. The van der Waals surface area contributed by atoms with Gasteiger partial charge in [-0.3, -0.25) is 0 Å². The number of phenolic OH excluding ortho intramolecular Hbond substituents is 1. The van der Waals surface area contributed by atoms with Crippen molar-refractivity contribution in [1.29, 1.82) is 0 Å². The van der Waals surface area contributed by atoms with Crippen LogP contribution in [0.2, 0.25) is 0 Å². The zero-order valence-electron chi connectivity index (χ0n) is 11.9. The van der Waals surface area contributed by atoms with Crippen molar-refractivity contribution in [1.82, 2.24) is 5.32 Å². The van der Waals surface area contributed by atoms with E-state index in [1.165, 1.54) is 18.2 Å². The maximum absolute atomic E-state index is 13.3. The smallest absolute Gasteiger partial charge is 0.407 e. The van der Waals surface area contributed by atoms with Crippen molar-refractivity contribution < 1.29 is 19.0 Å². The number of alkyl carbamates (subject to hydrolysis) is 1. The molecule has 1 amide bonds. The van der Waals surface area contributed by atoms with E-state index >= 15 is 0 Å². The van der Waals surface area contributed by atoms with Gasteiger partial charge in [0.15, 0.2) is 0 Å². The van der Waals surface area contributed by atoms with Gasteiger partial charge in [0.2, 0.25) is 0 Å². The van der Waals surface area contributed by atoms with Crippen molar-refractivity contribution >= 4 is 12.2 Å². The Bertz CT molecular complexity index is 492. The van der Waals surface area contributed by atoms with Gasteiger partial charge < -0.3 is 15.2 Å². The van der Waals surface area contributed by atoms with E-state index in [1.807, 2.05) is 0 Å². The molecule has 0 aliphatic carbocycles. The van der Waals surface area contributed by atoms with E-state index in [2.05, 4.69) is 5.32 Å². The molecule has 1 rings (SSSR count). The number of carbonyl (C=O) groups excluding carboxylic acids is 1. The molecule has 2 N–H and O–H groups in total. The van der Waals surface area contributed by atoms with Crippen LogP contribution in [-0.2, 0) is 4.74 Å². The van der Waals surface area contributed by atoms with Crippen molar-refractivity contribution in [3.05, 3.63) is 35.7 Å². The number of hydrogen-bond donors (Lipinski definition) is 2. The Balaban J connectivity index is 2.36. The van der Waals surface area contributed by atoms with Crippen LogP contribution in [0.4, 0.5) is 9.18 Å². The molecule has 5 heteroatoms. The fourth-order valence-electron chi connectivity index (χ4n) is 1.44. The molecule has 110 valence electrons. The average Bonchev–Trinajstić information content (AvgIpc) is 2.30. The molecule has 0 aliphatic rings. The number of nitrogens with one attached hydrogen (secondary N) is 1. The summed E-state index contributed by atoms with van der Waals surface area (Å²) in [6.45, 7) is 5.76. The highest BCUT2D eigenvalue weighted by Gasteiger charge is 2.15. The van der Waals surface area contributed by atoms with E-state index in [1.54, 1.807) is 32.9 Å². The number of hydrogen-bond acceptors (Lipinski definition) is 3. The molecule has 0 atom stereocenters. The van der Waals surface area contributed by atoms with Crippen LogP contribution >= 0.6 is 0 Å². The highest BCUT2D eigenvalue weighted by Crippen LogP contribution is 2.16. The maximum atomic E-state index is 13.3. The molecule has 20 heavy (non-hydrogen) atoms. The van der Waals surface area contributed by atoms with Crippen LogP contribution in [0.25, 0.3) is 6.08 Å². The Kier molecular flexibility index (Phi) is 5.55. The minimum atomic E-state index is -0.523. The van der Waals surface area contributed by atoms with E-state index in [0.717, 1.165) is 0 Å². The van der Waals surface area contributed by atoms with E-state index in [0.29, 0.717) is 18.5 Å². The first kappa shape index (κ1) is 16.0. The average molecular weight is 281 g/mol. The van der Waals surface area contributed by atoms with Gasteiger partial charge in [-0.15, -0.1) is 0 Å². The topological polar surface area (TPSA) is 58.6 Å².